The number of carbonyl (C=O) groups is 1. The number of aliphatic hydroxyl groups excluding tert-OH is 1. The van der Waals surface area contributed by atoms with Gasteiger partial charge in [-0.2, -0.15) is 18.3 Å². The Morgan fingerprint density at radius 3 is 2.46 bits per heavy atom. The summed E-state index contributed by atoms with van der Waals surface area (Å²) >= 11 is 0. The number of aliphatic hydroxyl groups is 1. The Kier molecular flexibility index (Phi) is 8.03. The van der Waals surface area contributed by atoms with Crippen molar-refractivity contribution in [1.82, 2.24) is 34.2 Å². The topological polar surface area (TPSA) is 104 Å². The van der Waals surface area contributed by atoms with Gasteiger partial charge in [-0.25, -0.2) is 9.50 Å². The molecular weight excluding hydrogens is 537 g/mol. The summed E-state index contributed by atoms with van der Waals surface area (Å²) in [6.07, 6.45) is 2.46. The Balaban J connectivity index is 1.47. The first-order valence-electron chi connectivity index (χ1n) is 14.3. The van der Waals surface area contributed by atoms with Gasteiger partial charge in [-0.05, 0) is 59.6 Å². The van der Waals surface area contributed by atoms with Gasteiger partial charge in [0.1, 0.15) is 5.54 Å². The highest BCUT2D eigenvalue weighted by atomic mass is 19.4. The summed E-state index contributed by atoms with van der Waals surface area (Å²) in [5.74, 6) is 0.249. The molecule has 2 N–H and O–H groups in total. The number of piperazine rings is 1. The Morgan fingerprint density at radius 2 is 1.80 bits per heavy atom. The highest BCUT2D eigenvalue weighted by Gasteiger charge is 2.36. The number of alkyl halides is 3. The zero-order valence-electron chi connectivity index (χ0n) is 24.0. The Labute approximate surface area is 237 Å². The Morgan fingerprint density at radius 1 is 1.12 bits per heavy atom. The van der Waals surface area contributed by atoms with Crippen LogP contribution in [0.15, 0.2) is 24.7 Å². The van der Waals surface area contributed by atoms with Crippen molar-refractivity contribution < 1.29 is 23.1 Å². The number of nitrogens with zero attached hydrogens (tertiary/aromatic N) is 7. The van der Waals surface area contributed by atoms with E-state index < -0.39 is 24.2 Å². The molecule has 224 valence electrons. The minimum Gasteiger partial charge on any atom is -0.393 e. The molecule has 0 radical (unpaired) electrons. The highest BCUT2D eigenvalue weighted by Crippen LogP contribution is 2.38. The molecule has 13 heteroatoms. The van der Waals surface area contributed by atoms with E-state index in [0.29, 0.717) is 31.4 Å². The number of halogens is 3. The number of hydrogen-bond donors (Lipinski definition) is 2. The second-order valence-electron chi connectivity index (χ2n) is 12.1. The zero-order chi connectivity index (χ0) is 29.5. The van der Waals surface area contributed by atoms with E-state index in [1.807, 2.05) is 38.1 Å². The van der Waals surface area contributed by atoms with Crippen molar-refractivity contribution in [2.45, 2.75) is 82.7 Å². The molecule has 2 aliphatic rings. The van der Waals surface area contributed by atoms with Crippen LogP contribution in [0.3, 0.4) is 0 Å². The quantitative estimate of drug-likeness (QED) is 0.440. The van der Waals surface area contributed by atoms with Gasteiger partial charge in [-0.15, -0.1) is 5.10 Å². The fourth-order valence-corrected chi connectivity index (χ4v) is 5.86. The van der Waals surface area contributed by atoms with Crippen molar-refractivity contribution >= 4 is 17.4 Å². The number of anilines is 1. The van der Waals surface area contributed by atoms with Gasteiger partial charge >= 0.3 is 6.18 Å². The third-order valence-electron chi connectivity index (χ3n) is 8.35. The molecule has 3 aromatic rings. The van der Waals surface area contributed by atoms with Crippen LogP contribution in [0.25, 0.3) is 16.6 Å². The summed E-state index contributed by atoms with van der Waals surface area (Å²) in [7, 11) is 2.05. The maximum absolute atomic E-state index is 13.5. The predicted octanol–water partition coefficient (Wildman–Crippen LogP) is 3.87. The fraction of sp³-hybridized carbons (Fsp3) is 0.643. The molecule has 1 aliphatic heterocycles. The second-order valence-corrected chi connectivity index (χ2v) is 12.1. The van der Waals surface area contributed by atoms with Crippen LogP contribution in [0.5, 0.6) is 0 Å². The van der Waals surface area contributed by atoms with E-state index in [0.717, 1.165) is 42.8 Å². The average Bonchev–Trinajstić information content (AvgIpc) is 3.54. The minimum absolute atomic E-state index is 0.00969. The van der Waals surface area contributed by atoms with Crippen LogP contribution in [0.1, 0.15) is 64.5 Å². The maximum Gasteiger partial charge on any atom is 0.391 e. The van der Waals surface area contributed by atoms with Crippen LogP contribution in [0, 0.1) is 0 Å². The molecule has 1 saturated heterocycles. The summed E-state index contributed by atoms with van der Waals surface area (Å²) in [6.45, 7) is 8.18. The van der Waals surface area contributed by atoms with Gasteiger partial charge in [0.15, 0.2) is 0 Å². The molecule has 2 fully saturated rings. The van der Waals surface area contributed by atoms with Gasteiger partial charge in [-0.3, -0.25) is 9.48 Å². The molecule has 3 aromatic heterocycles. The lowest BCUT2D eigenvalue weighted by Gasteiger charge is -2.37. The normalized spacial score (nSPS) is 21.8. The van der Waals surface area contributed by atoms with Gasteiger partial charge < -0.3 is 20.2 Å². The number of likely N-dealkylation sites (N-methyl/N-ethyl adjacent to an activating group) is 1. The van der Waals surface area contributed by atoms with Crippen LogP contribution >= 0.6 is 0 Å². The van der Waals surface area contributed by atoms with E-state index in [1.54, 1.807) is 21.6 Å². The number of fused-ring (bicyclic) bond motifs is 1. The van der Waals surface area contributed by atoms with Gasteiger partial charge in [0.25, 0.3) is 0 Å². The standard InChI is InChI=1S/C28H39F3N8O2/c1-18(14-28(29,30)31)34-26-32-16-24-22(13-23(39(24)35-26)19-5-7-21(40)8-6-19)20-15-33-38(17-20)27(2,3)25(41)37-11-9-36(4)10-12-37/h13,15-19,21,40H,5-12,14H2,1-4H3,(H,34,35)/t18-,19?,21?/m0/s1. The number of aromatic nitrogens is 5. The first-order chi connectivity index (χ1) is 19.3. The van der Waals surface area contributed by atoms with Crippen LogP contribution in [0.2, 0.25) is 0 Å². The molecule has 0 aromatic carbocycles. The lowest BCUT2D eigenvalue weighted by atomic mass is 9.85. The second kappa shape index (κ2) is 11.2. The molecule has 41 heavy (non-hydrogen) atoms. The van der Waals surface area contributed by atoms with E-state index in [1.165, 1.54) is 6.92 Å². The molecule has 0 spiro atoms. The van der Waals surface area contributed by atoms with Crippen molar-refractivity contribution in [2.24, 2.45) is 0 Å². The lowest BCUT2D eigenvalue weighted by Crippen LogP contribution is -2.54. The number of carbonyl (C=O) groups excluding carboxylic acids is 1. The molecule has 1 atom stereocenters. The van der Waals surface area contributed by atoms with Gasteiger partial charge in [0.2, 0.25) is 11.9 Å². The smallest absolute Gasteiger partial charge is 0.391 e. The largest absolute Gasteiger partial charge is 0.393 e. The monoisotopic (exact) mass is 576 g/mol. The summed E-state index contributed by atoms with van der Waals surface area (Å²) in [4.78, 5) is 21.9. The van der Waals surface area contributed by atoms with E-state index in [9.17, 15) is 23.1 Å². The van der Waals surface area contributed by atoms with Crippen molar-refractivity contribution in [2.75, 3.05) is 38.5 Å². The van der Waals surface area contributed by atoms with E-state index >= 15 is 0 Å². The van der Waals surface area contributed by atoms with Crippen LogP contribution in [-0.4, -0.2) is 96.7 Å². The molecule has 1 amide bonds. The third kappa shape index (κ3) is 6.35. The van der Waals surface area contributed by atoms with Crippen LogP contribution in [0.4, 0.5) is 19.1 Å². The Hall–Kier alpha value is -3.19. The van der Waals surface area contributed by atoms with Crippen LogP contribution in [-0.2, 0) is 10.3 Å². The summed E-state index contributed by atoms with van der Waals surface area (Å²) in [5, 5.41) is 22.0. The molecule has 4 heterocycles. The maximum atomic E-state index is 13.5. The van der Waals surface area contributed by atoms with Crippen molar-refractivity contribution in [3.63, 3.8) is 0 Å². The van der Waals surface area contributed by atoms with E-state index in [4.69, 9.17) is 0 Å². The average molecular weight is 577 g/mol. The molecule has 1 saturated carbocycles. The Bertz CT molecular complexity index is 1370. The molecular formula is C28H39F3N8O2. The van der Waals surface area contributed by atoms with Crippen LogP contribution < -0.4 is 5.32 Å². The summed E-state index contributed by atoms with van der Waals surface area (Å²) in [5.41, 5.74) is 2.33. The fourth-order valence-electron chi connectivity index (χ4n) is 5.86. The van der Waals surface area contributed by atoms with Crippen molar-refractivity contribution in [1.29, 1.82) is 0 Å². The molecule has 1 aliphatic carbocycles. The molecule has 10 nitrogen and oxygen atoms in total. The minimum atomic E-state index is -4.30. The first kappa shape index (κ1) is 29.3. The van der Waals surface area contributed by atoms with Crippen molar-refractivity contribution in [3.8, 4) is 11.1 Å². The van der Waals surface area contributed by atoms with Gasteiger partial charge in [0, 0.05) is 61.2 Å². The zero-order valence-corrected chi connectivity index (χ0v) is 24.0. The van der Waals surface area contributed by atoms with Gasteiger partial charge in [-0.1, -0.05) is 0 Å². The molecule has 0 bridgehead atoms. The SMILES string of the molecule is C[C@@H](CC(F)(F)F)Nc1ncc2c(-c3cnn(C(C)(C)C(=O)N4CCN(C)CC4)c3)cc(C3CCC(O)CC3)n2n1. The number of amides is 1. The molecule has 0 unspecified atom stereocenters. The van der Waals surface area contributed by atoms with E-state index in [-0.39, 0.29) is 23.9 Å². The van der Waals surface area contributed by atoms with E-state index in [2.05, 4.69) is 25.4 Å². The van der Waals surface area contributed by atoms with Gasteiger partial charge in [0.05, 0.1) is 30.4 Å². The summed E-state index contributed by atoms with van der Waals surface area (Å²) in [6, 6.07) is 1.14. The third-order valence-corrected chi connectivity index (χ3v) is 8.35. The summed E-state index contributed by atoms with van der Waals surface area (Å²) < 4.78 is 42.2. The molecule has 5 rings (SSSR count). The first-order valence-corrected chi connectivity index (χ1v) is 14.3. The highest BCUT2D eigenvalue weighted by molar-refractivity contribution is 5.85. The predicted molar refractivity (Wildman–Crippen MR) is 149 cm³/mol. The number of hydrogen-bond acceptors (Lipinski definition) is 7. The lowest BCUT2D eigenvalue weighted by molar-refractivity contribution is -0.141. The number of rotatable bonds is 7. The number of nitrogens with one attached hydrogen (secondary N) is 1. The van der Waals surface area contributed by atoms with Crippen molar-refractivity contribution in [3.05, 3.63) is 30.4 Å².